The fourth-order valence-electron chi connectivity index (χ4n) is 2.72. The second kappa shape index (κ2) is 7.72. The molecule has 2 heterocycles. The number of halogens is 1. The molecule has 4 nitrogen and oxygen atoms in total. The van der Waals surface area contributed by atoms with Crippen molar-refractivity contribution in [3.63, 3.8) is 0 Å². The normalized spacial score (nSPS) is 17.4. The number of allylic oxidation sites excluding steroid dienone is 1. The molecule has 24 heavy (non-hydrogen) atoms. The third kappa shape index (κ3) is 4.02. The minimum atomic E-state index is -0.0214. The van der Waals surface area contributed by atoms with E-state index < -0.39 is 0 Å². The second-order valence-corrected chi connectivity index (χ2v) is 7.62. The third-order valence-electron chi connectivity index (χ3n) is 4.00. The van der Waals surface area contributed by atoms with Crippen LogP contribution in [0.2, 0.25) is 5.02 Å². The number of benzene rings is 1. The molecule has 1 aliphatic heterocycles. The molecule has 2 aromatic rings. The summed E-state index contributed by atoms with van der Waals surface area (Å²) in [5, 5.41) is 1.92. The largest absolute Gasteiger partial charge is 0.376 e. The van der Waals surface area contributed by atoms with Crippen molar-refractivity contribution >= 4 is 34.3 Å². The van der Waals surface area contributed by atoms with Gasteiger partial charge in [0.05, 0.1) is 23.6 Å². The Kier molecular flexibility index (Phi) is 5.64. The van der Waals surface area contributed by atoms with Crippen molar-refractivity contribution in [2.24, 2.45) is 0 Å². The Balaban J connectivity index is 2.02. The summed E-state index contributed by atoms with van der Waals surface area (Å²) in [6, 6.07) is 5.24. The molecule has 1 saturated heterocycles. The molecule has 1 aromatic carbocycles. The molecule has 1 aromatic heterocycles. The average molecular weight is 365 g/mol. The van der Waals surface area contributed by atoms with E-state index in [2.05, 4.69) is 19.9 Å². The molecule has 0 unspecified atom stereocenters. The Morgan fingerprint density at radius 3 is 3.04 bits per heavy atom. The quantitative estimate of drug-likeness (QED) is 0.451. The van der Waals surface area contributed by atoms with Crippen LogP contribution in [-0.4, -0.2) is 28.0 Å². The number of aromatic nitrogens is 2. The van der Waals surface area contributed by atoms with Gasteiger partial charge in [0.2, 0.25) is 0 Å². The molecule has 3 rings (SSSR count). The zero-order valence-corrected chi connectivity index (χ0v) is 15.5. The summed E-state index contributed by atoms with van der Waals surface area (Å²) in [5.41, 5.74) is 1.88. The molecule has 0 spiro atoms. The van der Waals surface area contributed by atoms with Gasteiger partial charge in [-0.25, -0.2) is 4.98 Å². The van der Waals surface area contributed by atoms with Gasteiger partial charge in [-0.1, -0.05) is 35.0 Å². The van der Waals surface area contributed by atoms with E-state index in [1.165, 1.54) is 5.57 Å². The first-order valence-electron chi connectivity index (χ1n) is 8.12. The van der Waals surface area contributed by atoms with E-state index in [1.807, 2.05) is 0 Å². The highest BCUT2D eigenvalue weighted by Gasteiger charge is 2.20. The van der Waals surface area contributed by atoms with Gasteiger partial charge in [-0.15, -0.1) is 0 Å². The van der Waals surface area contributed by atoms with Crippen molar-refractivity contribution in [1.29, 1.82) is 0 Å². The van der Waals surface area contributed by atoms with E-state index in [0.29, 0.717) is 22.5 Å². The summed E-state index contributed by atoms with van der Waals surface area (Å²) in [7, 11) is 0. The maximum atomic E-state index is 12.9. The van der Waals surface area contributed by atoms with E-state index in [1.54, 1.807) is 34.5 Å². The molecule has 0 saturated carbocycles. The van der Waals surface area contributed by atoms with Gasteiger partial charge in [0, 0.05) is 17.4 Å². The van der Waals surface area contributed by atoms with Crippen LogP contribution in [0.4, 0.5) is 0 Å². The van der Waals surface area contributed by atoms with Crippen LogP contribution in [0.25, 0.3) is 10.9 Å². The Bertz CT molecular complexity index is 822. The number of hydrogen-bond donors (Lipinski definition) is 0. The molecule has 0 amide bonds. The molecule has 1 fully saturated rings. The van der Waals surface area contributed by atoms with Crippen LogP contribution >= 0.6 is 23.4 Å². The number of ether oxygens (including phenoxy) is 1. The van der Waals surface area contributed by atoms with Crippen LogP contribution in [-0.2, 0) is 11.3 Å². The molecule has 128 valence electrons. The molecule has 6 heteroatoms. The average Bonchev–Trinajstić information content (AvgIpc) is 3.03. The van der Waals surface area contributed by atoms with Gasteiger partial charge in [-0.05, 0) is 44.9 Å². The highest BCUT2D eigenvalue weighted by atomic mass is 35.5. The Labute approximate surface area is 150 Å². The fraction of sp³-hybridized carbons (Fsp3) is 0.444. The molecule has 0 N–H and O–H groups in total. The number of nitrogens with zero attached hydrogens (tertiary/aromatic N) is 2. The van der Waals surface area contributed by atoms with Crippen LogP contribution in [0, 0.1) is 0 Å². The van der Waals surface area contributed by atoms with Gasteiger partial charge in [-0.2, -0.15) is 0 Å². The molecular formula is C18H21ClN2O2S. The molecule has 0 bridgehead atoms. The van der Waals surface area contributed by atoms with E-state index >= 15 is 0 Å². The van der Waals surface area contributed by atoms with Crippen molar-refractivity contribution in [3.8, 4) is 0 Å². The van der Waals surface area contributed by atoms with Crippen molar-refractivity contribution in [2.45, 2.75) is 44.5 Å². The molecule has 0 aliphatic carbocycles. The number of rotatable bonds is 5. The summed E-state index contributed by atoms with van der Waals surface area (Å²) in [6.45, 7) is 5.46. The lowest BCUT2D eigenvalue weighted by Gasteiger charge is -2.16. The summed E-state index contributed by atoms with van der Waals surface area (Å²) >= 11 is 7.63. The van der Waals surface area contributed by atoms with E-state index in [4.69, 9.17) is 21.3 Å². The lowest BCUT2D eigenvalue weighted by Crippen LogP contribution is -2.28. The standard InChI is InChI=1S/C18H21ClN2O2S/c1-12(2)7-9-24-18-20-16-10-13(19)5-6-15(16)17(22)21(18)11-14-4-3-8-23-14/h5-7,10,14H,3-4,8-9,11H2,1-2H3/t14-/m1/s1. The summed E-state index contributed by atoms with van der Waals surface area (Å²) in [4.78, 5) is 17.6. The van der Waals surface area contributed by atoms with E-state index in [0.717, 1.165) is 30.4 Å². The Morgan fingerprint density at radius 1 is 1.50 bits per heavy atom. The minimum Gasteiger partial charge on any atom is -0.376 e. The van der Waals surface area contributed by atoms with Crippen molar-refractivity contribution in [1.82, 2.24) is 9.55 Å². The molecule has 0 radical (unpaired) electrons. The first kappa shape index (κ1) is 17.5. The Hall–Kier alpha value is -1.30. The number of fused-ring (bicyclic) bond motifs is 1. The summed E-state index contributed by atoms with van der Waals surface area (Å²) < 4.78 is 7.47. The highest BCUT2D eigenvalue weighted by Crippen LogP contribution is 2.23. The van der Waals surface area contributed by atoms with Crippen LogP contribution in [0.3, 0.4) is 0 Å². The minimum absolute atomic E-state index is 0.0214. The molecule has 1 atom stereocenters. The van der Waals surface area contributed by atoms with Gasteiger partial charge >= 0.3 is 0 Å². The van der Waals surface area contributed by atoms with Crippen LogP contribution < -0.4 is 5.56 Å². The van der Waals surface area contributed by atoms with Crippen molar-refractivity contribution in [2.75, 3.05) is 12.4 Å². The van der Waals surface area contributed by atoms with Gasteiger partial charge in [-0.3, -0.25) is 9.36 Å². The first-order chi connectivity index (χ1) is 11.5. The zero-order valence-electron chi connectivity index (χ0n) is 13.9. The maximum Gasteiger partial charge on any atom is 0.262 e. The monoisotopic (exact) mass is 364 g/mol. The number of thioether (sulfide) groups is 1. The first-order valence-corrected chi connectivity index (χ1v) is 9.49. The topological polar surface area (TPSA) is 44.1 Å². The highest BCUT2D eigenvalue weighted by molar-refractivity contribution is 7.99. The fourth-order valence-corrected chi connectivity index (χ4v) is 3.93. The summed E-state index contributed by atoms with van der Waals surface area (Å²) in [6.07, 6.45) is 4.27. The van der Waals surface area contributed by atoms with Crippen LogP contribution in [0.15, 0.2) is 39.8 Å². The van der Waals surface area contributed by atoms with Gasteiger partial charge in [0.1, 0.15) is 0 Å². The lowest BCUT2D eigenvalue weighted by molar-refractivity contribution is 0.0937. The van der Waals surface area contributed by atoms with Gasteiger partial charge < -0.3 is 4.74 Å². The maximum absolute atomic E-state index is 12.9. The van der Waals surface area contributed by atoms with Gasteiger partial charge in [0.15, 0.2) is 5.16 Å². The van der Waals surface area contributed by atoms with E-state index in [-0.39, 0.29) is 11.7 Å². The second-order valence-electron chi connectivity index (χ2n) is 6.20. The number of hydrogen-bond acceptors (Lipinski definition) is 4. The summed E-state index contributed by atoms with van der Waals surface area (Å²) in [5.74, 6) is 0.784. The third-order valence-corrected chi connectivity index (χ3v) is 5.13. The van der Waals surface area contributed by atoms with Crippen LogP contribution in [0.1, 0.15) is 26.7 Å². The Morgan fingerprint density at radius 2 is 2.33 bits per heavy atom. The zero-order chi connectivity index (χ0) is 17.1. The van der Waals surface area contributed by atoms with Crippen molar-refractivity contribution in [3.05, 3.63) is 45.2 Å². The lowest BCUT2D eigenvalue weighted by atomic mass is 10.2. The predicted octanol–water partition coefficient (Wildman–Crippen LogP) is 4.29. The van der Waals surface area contributed by atoms with Crippen LogP contribution in [0.5, 0.6) is 0 Å². The van der Waals surface area contributed by atoms with E-state index in [9.17, 15) is 4.79 Å². The predicted molar refractivity (Wildman–Crippen MR) is 100 cm³/mol. The SMILES string of the molecule is CC(C)=CCSc1nc2cc(Cl)ccc2c(=O)n1C[C@H]1CCCO1. The van der Waals surface area contributed by atoms with Gasteiger partial charge in [0.25, 0.3) is 5.56 Å². The van der Waals surface area contributed by atoms with Crippen molar-refractivity contribution < 1.29 is 4.74 Å². The smallest absolute Gasteiger partial charge is 0.262 e. The molecule has 1 aliphatic rings. The molecular weight excluding hydrogens is 344 g/mol.